The molecule has 152 valence electrons. The van der Waals surface area contributed by atoms with Gasteiger partial charge in [0, 0.05) is 23.6 Å². The highest BCUT2D eigenvalue weighted by molar-refractivity contribution is 6.10. The summed E-state index contributed by atoms with van der Waals surface area (Å²) in [6, 6.07) is 14.5. The number of carbonyl (C=O) groups excluding carboxylic acids is 2. The van der Waals surface area contributed by atoms with E-state index in [0.29, 0.717) is 22.7 Å². The van der Waals surface area contributed by atoms with Gasteiger partial charge in [-0.25, -0.2) is 0 Å². The number of imide groups is 1. The van der Waals surface area contributed by atoms with Crippen LogP contribution in [0.1, 0.15) is 26.3 Å². The summed E-state index contributed by atoms with van der Waals surface area (Å²) < 4.78 is 10.5. The number of hydrogen-bond donors (Lipinski definition) is 1. The summed E-state index contributed by atoms with van der Waals surface area (Å²) in [7, 11) is 3.05. The SMILES string of the molecule is COc1ccc(/C=N/N(C(=O)c2ccc(N)cc2)C(=O)c2cccnc2)cc1OC. The van der Waals surface area contributed by atoms with E-state index < -0.39 is 11.8 Å². The Balaban J connectivity index is 1.97. The van der Waals surface area contributed by atoms with Gasteiger partial charge in [0.2, 0.25) is 0 Å². The maximum atomic E-state index is 13.0. The van der Waals surface area contributed by atoms with Crippen LogP contribution in [0.4, 0.5) is 5.69 Å². The number of carbonyl (C=O) groups is 2. The molecule has 2 amide bonds. The van der Waals surface area contributed by atoms with Crippen molar-refractivity contribution in [3.05, 3.63) is 83.7 Å². The molecule has 8 heteroatoms. The molecule has 1 aromatic heterocycles. The summed E-state index contributed by atoms with van der Waals surface area (Å²) in [5.41, 5.74) is 7.30. The summed E-state index contributed by atoms with van der Waals surface area (Å²) in [5.74, 6) is -0.158. The quantitative estimate of drug-likeness (QED) is 0.293. The third kappa shape index (κ3) is 4.61. The minimum atomic E-state index is -0.610. The van der Waals surface area contributed by atoms with Crippen LogP contribution < -0.4 is 15.2 Å². The van der Waals surface area contributed by atoms with E-state index in [1.807, 2.05) is 0 Å². The van der Waals surface area contributed by atoms with Gasteiger partial charge in [0.15, 0.2) is 11.5 Å². The van der Waals surface area contributed by atoms with Crippen LogP contribution in [0.25, 0.3) is 0 Å². The highest BCUT2D eigenvalue weighted by atomic mass is 16.5. The van der Waals surface area contributed by atoms with Gasteiger partial charge in [-0.05, 0) is 60.2 Å². The Bertz CT molecular complexity index is 1070. The van der Waals surface area contributed by atoms with Crippen molar-refractivity contribution in [1.82, 2.24) is 9.99 Å². The third-order valence-corrected chi connectivity index (χ3v) is 4.18. The lowest BCUT2D eigenvalue weighted by Crippen LogP contribution is -2.32. The number of pyridine rings is 1. The first-order valence-electron chi connectivity index (χ1n) is 8.94. The van der Waals surface area contributed by atoms with Gasteiger partial charge in [0.1, 0.15) is 0 Å². The van der Waals surface area contributed by atoms with Gasteiger partial charge in [0.25, 0.3) is 11.8 Å². The maximum Gasteiger partial charge on any atom is 0.283 e. The van der Waals surface area contributed by atoms with E-state index >= 15 is 0 Å². The molecule has 0 spiro atoms. The van der Waals surface area contributed by atoms with E-state index in [2.05, 4.69) is 10.1 Å². The minimum Gasteiger partial charge on any atom is -0.493 e. The number of ether oxygens (including phenoxy) is 2. The van der Waals surface area contributed by atoms with Gasteiger partial charge in [-0.2, -0.15) is 10.1 Å². The molecule has 30 heavy (non-hydrogen) atoms. The van der Waals surface area contributed by atoms with E-state index in [4.69, 9.17) is 15.2 Å². The lowest BCUT2D eigenvalue weighted by molar-refractivity contribution is 0.0621. The molecular formula is C22H20N4O4. The van der Waals surface area contributed by atoms with Crippen LogP contribution in [0.2, 0.25) is 0 Å². The molecule has 0 radical (unpaired) electrons. The Morgan fingerprint density at radius 1 is 0.967 bits per heavy atom. The molecule has 8 nitrogen and oxygen atoms in total. The van der Waals surface area contributed by atoms with Crippen LogP contribution in [0.3, 0.4) is 0 Å². The molecule has 0 saturated carbocycles. The highest BCUT2D eigenvalue weighted by Gasteiger charge is 2.24. The summed E-state index contributed by atoms with van der Waals surface area (Å²) in [5, 5.41) is 4.94. The largest absolute Gasteiger partial charge is 0.493 e. The Kier molecular flexibility index (Phi) is 6.39. The first-order valence-corrected chi connectivity index (χ1v) is 8.94. The molecule has 0 atom stereocenters. The Hall–Kier alpha value is -4.20. The Morgan fingerprint density at radius 2 is 1.67 bits per heavy atom. The molecule has 0 aliphatic rings. The van der Waals surface area contributed by atoms with Crippen molar-refractivity contribution in [3.8, 4) is 11.5 Å². The number of amides is 2. The zero-order chi connectivity index (χ0) is 21.5. The van der Waals surface area contributed by atoms with Crippen molar-refractivity contribution in [2.75, 3.05) is 20.0 Å². The van der Waals surface area contributed by atoms with Crippen LogP contribution in [0, 0.1) is 0 Å². The van der Waals surface area contributed by atoms with Crippen LogP contribution in [0.15, 0.2) is 72.1 Å². The number of anilines is 1. The molecule has 2 aromatic carbocycles. The van der Waals surface area contributed by atoms with Crippen molar-refractivity contribution in [1.29, 1.82) is 0 Å². The molecule has 0 fully saturated rings. The standard InChI is InChI=1S/C22H20N4O4/c1-29-19-10-5-15(12-20(19)30-2)13-25-26(22(28)17-4-3-11-24-14-17)21(27)16-6-8-18(23)9-7-16/h3-14H,23H2,1-2H3/b25-13+. The van der Waals surface area contributed by atoms with Gasteiger partial charge < -0.3 is 15.2 Å². The first-order chi connectivity index (χ1) is 14.5. The number of hydrazone groups is 1. The van der Waals surface area contributed by atoms with E-state index in [0.717, 1.165) is 5.01 Å². The Morgan fingerprint density at radius 3 is 2.30 bits per heavy atom. The predicted octanol–water partition coefficient (Wildman–Crippen LogP) is 3.00. The average Bonchev–Trinajstić information content (AvgIpc) is 2.79. The van der Waals surface area contributed by atoms with E-state index in [9.17, 15) is 9.59 Å². The number of benzene rings is 2. The molecule has 1 heterocycles. The fourth-order valence-electron chi connectivity index (χ4n) is 2.61. The van der Waals surface area contributed by atoms with Crippen LogP contribution in [0.5, 0.6) is 11.5 Å². The topological polar surface area (TPSA) is 107 Å². The molecular weight excluding hydrogens is 384 g/mol. The fourth-order valence-corrected chi connectivity index (χ4v) is 2.61. The van der Waals surface area contributed by atoms with Crippen molar-refractivity contribution >= 4 is 23.7 Å². The number of nitrogen functional groups attached to an aromatic ring is 1. The molecule has 3 rings (SSSR count). The normalized spacial score (nSPS) is 10.6. The number of aromatic nitrogens is 1. The van der Waals surface area contributed by atoms with E-state index in [1.165, 1.54) is 45.0 Å². The molecule has 0 aliphatic heterocycles. The monoisotopic (exact) mass is 404 g/mol. The van der Waals surface area contributed by atoms with Crippen LogP contribution >= 0.6 is 0 Å². The number of hydrogen-bond acceptors (Lipinski definition) is 7. The second kappa shape index (κ2) is 9.33. The number of nitrogens with zero attached hydrogens (tertiary/aromatic N) is 3. The molecule has 2 N–H and O–H groups in total. The second-order valence-electron chi connectivity index (χ2n) is 6.14. The zero-order valence-electron chi connectivity index (χ0n) is 16.5. The molecule has 0 saturated heterocycles. The summed E-state index contributed by atoms with van der Waals surface area (Å²) >= 11 is 0. The van der Waals surface area contributed by atoms with Gasteiger partial charge in [-0.3, -0.25) is 14.6 Å². The lowest BCUT2D eigenvalue weighted by Gasteiger charge is -2.15. The van der Waals surface area contributed by atoms with Gasteiger partial charge >= 0.3 is 0 Å². The second-order valence-corrected chi connectivity index (χ2v) is 6.14. The summed E-state index contributed by atoms with van der Waals surface area (Å²) in [6.45, 7) is 0. The van der Waals surface area contributed by atoms with E-state index in [1.54, 1.807) is 42.5 Å². The van der Waals surface area contributed by atoms with Gasteiger partial charge in [-0.15, -0.1) is 0 Å². The van der Waals surface area contributed by atoms with Gasteiger partial charge in [0.05, 0.1) is 26.0 Å². The summed E-state index contributed by atoms with van der Waals surface area (Å²) in [4.78, 5) is 29.9. The van der Waals surface area contributed by atoms with Crippen molar-refractivity contribution in [2.45, 2.75) is 0 Å². The predicted molar refractivity (Wildman–Crippen MR) is 113 cm³/mol. The molecule has 0 unspecified atom stereocenters. The lowest BCUT2D eigenvalue weighted by atomic mass is 10.2. The van der Waals surface area contributed by atoms with Crippen LogP contribution in [-0.4, -0.2) is 42.2 Å². The third-order valence-electron chi connectivity index (χ3n) is 4.18. The minimum absolute atomic E-state index is 0.228. The number of rotatable bonds is 6. The number of nitrogens with two attached hydrogens (primary N) is 1. The molecule has 0 bridgehead atoms. The zero-order valence-corrected chi connectivity index (χ0v) is 16.5. The maximum absolute atomic E-state index is 13.0. The fraction of sp³-hybridized carbons (Fsp3) is 0.0909. The smallest absolute Gasteiger partial charge is 0.283 e. The van der Waals surface area contributed by atoms with Gasteiger partial charge in [-0.1, -0.05) is 0 Å². The first kappa shape index (κ1) is 20.5. The van der Waals surface area contributed by atoms with Crippen molar-refractivity contribution < 1.29 is 19.1 Å². The molecule has 0 aliphatic carbocycles. The van der Waals surface area contributed by atoms with Crippen molar-refractivity contribution in [3.63, 3.8) is 0 Å². The van der Waals surface area contributed by atoms with Crippen LogP contribution in [-0.2, 0) is 0 Å². The number of methoxy groups -OCH3 is 2. The highest BCUT2D eigenvalue weighted by Crippen LogP contribution is 2.27. The van der Waals surface area contributed by atoms with E-state index in [-0.39, 0.29) is 11.1 Å². The average molecular weight is 404 g/mol. The Labute approximate surface area is 173 Å². The van der Waals surface area contributed by atoms with Crippen molar-refractivity contribution in [2.24, 2.45) is 5.10 Å². The molecule has 3 aromatic rings. The summed E-state index contributed by atoms with van der Waals surface area (Å²) in [6.07, 6.45) is 4.30.